The van der Waals surface area contributed by atoms with Crippen LogP contribution in [0, 0.1) is 0 Å². The van der Waals surface area contributed by atoms with Crippen LogP contribution in [0.25, 0.3) is 0 Å². The van der Waals surface area contributed by atoms with Crippen LogP contribution in [0.3, 0.4) is 0 Å². The second-order valence-corrected chi connectivity index (χ2v) is 4.62. The van der Waals surface area contributed by atoms with E-state index in [4.69, 9.17) is 0 Å². The molecule has 0 aromatic rings. The lowest BCUT2D eigenvalue weighted by molar-refractivity contribution is 0.113. The molecular weight excluding hydrogens is 160 g/mol. The Morgan fingerprint density at radius 1 is 1.08 bits per heavy atom. The van der Waals surface area contributed by atoms with Gasteiger partial charge in [0.2, 0.25) is 0 Å². The average molecular weight is 182 g/mol. The normalized spacial score (nSPS) is 33.5. The molecule has 2 fully saturated rings. The second-order valence-electron chi connectivity index (χ2n) is 4.62. The Bertz CT molecular complexity index is 154. The summed E-state index contributed by atoms with van der Waals surface area (Å²) in [6.07, 6.45) is 7.05. The fraction of sp³-hybridized carbons (Fsp3) is 1.00. The van der Waals surface area contributed by atoms with Crippen LogP contribution >= 0.6 is 0 Å². The van der Waals surface area contributed by atoms with Crippen LogP contribution in [-0.4, -0.2) is 36.6 Å². The first-order valence-corrected chi connectivity index (χ1v) is 5.83. The summed E-state index contributed by atoms with van der Waals surface area (Å²) in [6, 6.07) is 1.67. The number of rotatable bonds is 1. The molecule has 2 aliphatic rings. The molecule has 0 bridgehead atoms. The van der Waals surface area contributed by atoms with Gasteiger partial charge in [-0.15, -0.1) is 0 Å². The van der Waals surface area contributed by atoms with Gasteiger partial charge in [0.15, 0.2) is 0 Å². The summed E-state index contributed by atoms with van der Waals surface area (Å²) in [5.74, 6) is 0. The number of hydrogen-bond acceptors (Lipinski definition) is 2. The zero-order chi connectivity index (χ0) is 9.10. The summed E-state index contributed by atoms with van der Waals surface area (Å²) >= 11 is 0. The van der Waals surface area contributed by atoms with Crippen molar-refractivity contribution < 1.29 is 0 Å². The molecule has 2 nitrogen and oxygen atoms in total. The Morgan fingerprint density at radius 3 is 2.62 bits per heavy atom. The minimum Gasteiger partial charge on any atom is -0.314 e. The Balaban J connectivity index is 1.80. The quantitative estimate of drug-likeness (QED) is 0.663. The third kappa shape index (κ3) is 2.44. The number of nitrogens with zero attached hydrogens (tertiary/aromatic N) is 1. The molecule has 1 aliphatic carbocycles. The van der Waals surface area contributed by atoms with Gasteiger partial charge in [-0.25, -0.2) is 0 Å². The molecule has 2 heteroatoms. The summed E-state index contributed by atoms with van der Waals surface area (Å²) in [5.41, 5.74) is 0. The Hall–Kier alpha value is -0.0800. The van der Waals surface area contributed by atoms with Gasteiger partial charge in [-0.2, -0.15) is 0 Å². The molecule has 1 saturated carbocycles. The Morgan fingerprint density at radius 2 is 1.92 bits per heavy atom. The molecular formula is C11H22N2. The van der Waals surface area contributed by atoms with Crippen molar-refractivity contribution in [1.29, 1.82) is 0 Å². The standard InChI is InChI=1S/C11H22N2/c1-10-6-9-13(8-3-7-12-10)11-4-2-5-11/h10-12H,2-9H2,1H3. The first-order valence-electron chi connectivity index (χ1n) is 5.83. The molecule has 0 aromatic heterocycles. The molecule has 1 saturated heterocycles. The van der Waals surface area contributed by atoms with Gasteiger partial charge in [0.05, 0.1) is 0 Å². The van der Waals surface area contributed by atoms with Gasteiger partial charge < -0.3 is 10.2 Å². The van der Waals surface area contributed by atoms with Gasteiger partial charge in [0.25, 0.3) is 0 Å². The van der Waals surface area contributed by atoms with Crippen LogP contribution in [0.15, 0.2) is 0 Å². The summed E-state index contributed by atoms with van der Waals surface area (Å²) in [6.45, 7) is 6.16. The summed E-state index contributed by atoms with van der Waals surface area (Å²) in [7, 11) is 0. The largest absolute Gasteiger partial charge is 0.314 e. The van der Waals surface area contributed by atoms with Crippen molar-refractivity contribution in [3.05, 3.63) is 0 Å². The molecule has 1 unspecified atom stereocenters. The molecule has 0 amide bonds. The summed E-state index contributed by atoms with van der Waals surface area (Å²) in [5, 5.41) is 3.55. The molecule has 2 rings (SSSR count). The highest BCUT2D eigenvalue weighted by Gasteiger charge is 2.25. The zero-order valence-corrected chi connectivity index (χ0v) is 8.76. The molecule has 0 radical (unpaired) electrons. The fourth-order valence-corrected chi connectivity index (χ4v) is 2.32. The van der Waals surface area contributed by atoms with Crippen molar-refractivity contribution in [1.82, 2.24) is 10.2 Å². The van der Waals surface area contributed by atoms with E-state index >= 15 is 0 Å². The molecule has 0 aromatic carbocycles. The summed E-state index contributed by atoms with van der Waals surface area (Å²) < 4.78 is 0. The van der Waals surface area contributed by atoms with E-state index in [-0.39, 0.29) is 0 Å². The van der Waals surface area contributed by atoms with Crippen LogP contribution in [0.5, 0.6) is 0 Å². The lowest BCUT2D eigenvalue weighted by atomic mass is 9.91. The fourth-order valence-electron chi connectivity index (χ4n) is 2.32. The average Bonchev–Trinajstić information content (AvgIpc) is 2.00. The Kier molecular flexibility index (Phi) is 3.23. The van der Waals surface area contributed by atoms with Crippen molar-refractivity contribution in [2.24, 2.45) is 0 Å². The van der Waals surface area contributed by atoms with E-state index in [0.29, 0.717) is 0 Å². The highest BCUT2D eigenvalue weighted by atomic mass is 15.2. The first kappa shape index (κ1) is 9.47. The van der Waals surface area contributed by atoms with E-state index in [2.05, 4.69) is 17.1 Å². The third-order valence-electron chi connectivity index (χ3n) is 3.56. The van der Waals surface area contributed by atoms with Crippen LogP contribution in [0.1, 0.15) is 39.0 Å². The first-order chi connectivity index (χ1) is 6.36. The minimum atomic E-state index is 0.725. The van der Waals surface area contributed by atoms with Crippen LogP contribution in [-0.2, 0) is 0 Å². The monoisotopic (exact) mass is 182 g/mol. The predicted octanol–water partition coefficient (Wildman–Crippen LogP) is 1.61. The van der Waals surface area contributed by atoms with E-state index < -0.39 is 0 Å². The van der Waals surface area contributed by atoms with Gasteiger partial charge in [-0.05, 0) is 52.2 Å². The maximum Gasteiger partial charge on any atom is 0.00952 e. The van der Waals surface area contributed by atoms with Gasteiger partial charge in [-0.3, -0.25) is 0 Å². The SMILES string of the molecule is CC1CCN(C2CCC2)CCCN1. The lowest BCUT2D eigenvalue weighted by Gasteiger charge is -2.39. The van der Waals surface area contributed by atoms with E-state index in [9.17, 15) is 0 Å². The predicted molar refractivity (Wildman–Crippen MR) is 55.9 cm³/mol. The van der Waals surface area contributed by atoms with E-state index in [0.717, 1.165) is 12.1 Å². The molecule has 1 atom stereocenters. The maximum absolute atomic E-state index is 3.55. The molecule has 1 aliphatic heterocycles. The lowest BCUT2D eigenvalue weighted by Crippen LogP contribution is -2.45. The molecule has 1 N–H and O–H groups in total. The van der Waals surface area contributed by atoms with Crippen molar-refractivity contribution in [2.75, 3.05) is 19.6 Å². The number of hydrogen-bond donors (Lipinski definition) is 1. The van der Waals surface area contributed by atoms with Gasteiger partial charge in [-0.1, -0.05) is 6.42 Å². The zero-order valence-electron chi connectivity index (χ0n) is 8.76. The topological polar surface area (TPSA) is 15.3 Å². The van der Waals surface area contributed by atoms with Crippen LogP contribution < -0.4 is 5.32 Å². The van der Waals surface area contributed by atoms with Crippen molar-refractivity contribution >= 4 is 0 Å². The highest BCUT2D eigenvalue weighted by molar-refractivity contribution is 4.82. The molecule has 76 valence electrons. The smallest absolute Gasteiger partial charge is 0.00952 e. The molecule has 1 heterocycles. The highest BCUT2D eigenvalue weighted by Crippen LogP contribution is 2.25. The van der Waals surface area contributed by atoms with Crippen LogP contribution in [0.4, 0.5) is 0 Å². The van der Waals surface area contributed by atoms with E-state index in [1.807, 2.05) is 0 Å². The molecule has 0 spiro atoms. The van der Waals surface area contributed by atoms with Gasteiger partial charge >= 0.3 is 0 Å². The van der Waals surface area contributed by atoms with Crippen molar-refractivity contribution in [2.45, 2.75) is 51.1 Å². The van der Waals surface area contributed by atoms with Crippen molar-refractivity contribution in [3.8, 4) is 0 Å². The van der Waals surface area contributed by atoms with Crippen molar-refractivity contribution in [3.63, 3.8) is 0 Å². The summed E-state index contributed by atoms with van der Waals surface area (Å²) in [4.78, 5) is 2.72. The van der Waals surface area contributed by atoms with Gasteiger partial charge in [0.1, 0.15) is 0 Å². The number of nitrogens with one attached hydrogen (secondary N) is 1. The van der Waals surface area contributed by atoms with Gasteiger partial charge in [0, 0.05) is 12.1 Å². The third-order valence-corrected chi connectivity index (χ3v) is 3.56. The van der Waals surface area contributed by atoms with Crippen LogP contribution in [0.2, 0.25) is 0 Å². The Labute approximate surface area is 81.7 Å². The van der Waals surface area contributed by atoms with E-state index in [1.165, 1.54) is 51.7 Å². The minimum absolute atomic E-state index is 0.725. The van der Waals surface area contributed by atoms with E-state index in [1.54, 1.807) is 0 Å². The second kappa shape index (κ2) is 4.43. The molecule has 13 heavy (non-hydrogen) atoms. The maximum atomic E-state index is 3.55.